The molecule has 0 bridgehead atoms. The normalized spacial score (nSPS) is 10.9. The van der Waals surface area contributed by atoms with Crippen molar-refractivity contribution in [3.63, 3.8) is 0 Å². The molecular weight excluding hydrogens is 493 g/mol. The number of likely N-dealkylation sites (N-methyl/N-ethyl adjacent to an activating group) is 1. The average Bonchev–Trinajstić information content (AvgIpc) is 2.74. The van der Waals surface area contributed by atoms with Gasteiger partial charge < -0.3 is 25.6 Å². The Morgan fingerprint density at radius 3 is 2.47 bits per heavy atom. The van der Waals surface area contributed by atoms with Crippen LogP contribution in [0, 0.1) is 0 Å². The van der Waals surface area contributed by atoms with E-state index in [-0.39, 0.29) is 29.9 Å². The summed E-state index contributed by atoms with van der Waals surface area (Å²) in [6.07, 6.45) is 0. The van der Waals surface area contributed by atoms with Gasteiger partial charge in [0.05, 0.1) is 6.54 Å². The number of rotatable bonds is 10. The van der Waals surface area contributed by atoms with E-state index in [1.165, 1.54) is 0 Å². The Morgan fingerprint density at radius 2 is 1.77 bits per heavy atom. The molecule has 0 unspecified atom stereocenters. The summed E-state index contributed by atoms with van der Waals surface area (Å²) in [6.45, 7) is 3.16. The molecule has 0 radical (unpaired) electrons. The third-order valence-electron chi connectivity index (χ3n) is 4.12. The van der Waals surface area contributed by atoms with Crippen molar-refractivity contribution in [3.8, 4) is 5.75 Å². The summed E-state index contributed by atoms with van der Waals surface area (Å²) < 4.78 is 5.66. The Bertz CT molecular complexity index is 784. The number of benzene rings is 2. The summed E-state index contributed by atoms with van der Waals surface area (Å²) in [6, 6.07) is 17.3. The minimum absolute atomic E-state index is 0. The van der Waals surface area contributed by atoms with Crippen LogP contribution in [0.25, 0.3) is 0 Å². The molecule has 0 spiro atoms. The van der Waals surface area contributed by atoms with E-state index in [2.05, 4.69) is 20.9 Å². The van der Waals surface area contributed by atoms with Crippen LogP contribution in [-0.2, 0) is 6.54 Å². The number of halogens is 1. The van der Waals surface area contributed by atoms with E-state index in [1.807, 2.05) is 73.6 Å². The molecule has 0 heterocycles. The highest BCUT2D eigenvalue weighted by atomic mass is 127. The zero-order valence-electron chi connectivity index (χ0n) is 17.9. The molecule has 2 aromatic carbocycles. The second-order valence-electron chi connectivity index (χ2n) is 6.77. The van der Waals surface area contributed by atoms with Gasteiger partial charge in [0.1, 0.15) is 12.4 Å². The quantitative estimate of drug-likeness (QED) is 0.192. The van der Waals surface area contributed by atoms with Gasteiger partial charge in [-0.05, 0) is 43.9 Å². The van der Waals surface area contributed by atoms with Gasteiger partial charge in [-0.2, -0.15) is 0 Å². The van der Waals surface area contributed by atoms with Gasteiger partial charge in [-0.15, -0.1) is 24.0 Å². The Kier molecular flexibility index (Phi) is 12.5. The topological polar surface area (TPSA) is 78.0 Å². The number of ether oxygens (including phenoxy) is 1. The zero-order chi connectivity index (χ0) is 20.9. The smallest absolute Gasteiger partial charge is 0.251 e. The largest absolute Gasteiger partial charge is 0.492 e. The lowest BCUT2D eigenvalue weighted by molar-refractivity contribution is 0.0951. The molecule has 0 saturated heterocycles. The van der Waals surface area contributed by atoms with Crippen molar-refractivity contribution in [2.45, 2.75) is 6.54 Å². The lowest BCUT2D eigenvalue weighted by atomic mass is 10.1. The van der Waals surface area contributed by atoms with Gasteiger partial charge in [-0.3, -0.25) is 9.79 Å². The third-order valence-corrected chi connectivity index (χ3v) is 4.12. The molecule has 0 atom stereocenters. The molecule has 2 rings (SSSR count). The summed E-state index contributed by atoms with van der Waals surface area (Å²) in [5, 5.41) is 9.40. The number of para-hydroxylation sites is 1. The van der Waals surface area contributed by atoms with Gasteiger partial charge in [0.25, 0.3) is 5.91 Å². The summed E-state index contributed by atoms with van der Waals surface area (Å²) in [5.74, 6) is 1.47. The van der Waals surface area contributed by atoms with Crippen molar-refractivity contribution >= 4 is 35.8 Å². The van der Waals surface area contributed by atoms with Crippen LogP contribution in [0.3, 0.4) is 0 Å². The van der Waals surface area contributed by atoms with E-state index < -0.39 is 0 Å². The van der Waals surface area contributed by atoms with Crippen LogP contribution in [-0.4, -0.2) is 64.2 Å². The number of nitrogens with zero attached hydrogens (tertiary/aromatic N) is 2. The molecule has 2 aromatic rings. The summed E-state index contributed by atoms with van der Waals surface area (Å²) in [4.78, 5) is 18.5. The second kappa shape index (κ2) is 14.6. The molecule has 0 fully saturated rings. The van der Waals surface area contributed by atoms with Crippen molar-refractivity contribution in [2.24, 2.45) is 4.99 Å². The fourth-order valence-electron chi connectivity index (χ4n) is 2.58. The Hall–Kier alpha value is -2.33. The molecule has 1 amide bonds. The monoisotopic (exact) mass is 525 g/mol. The fraction of sp³-hybridized carbons (Fsp3) is 0.364. The summed E-state index contributed by atoms with van der Waals surface area (Å²) in [5.41, 5.74) is 1.66. The molecule has 0 aromatic heterocycles. The van der Waals surface area contributed by atoms with Gasteiger partial charge >= 0.3 is 0 Å². The number of carbonyl (C=O) groups is 1. The first-order chi connectivity index (χ1) is 14.1. The Balaban J connectivity index is 0.00000450. The molecule has 0 aliphatic rings. The van der Waals surface area contributed by atoms with Crippen LogP contribution in [0.5, 0.6) is 5.75 Å². The number of nitrogens with one attached hydrogen (secondary N) is 3. The number of hydrogen-bond donors (Lipinski definition) is 3. The predicted molar refractivity (Wildman–Crippen MR) is 133 cm³/mol. The summed E-state index contributed by atoms with van der Waals surface area (Å²) >= 11 is 0. The van der Waals surface area contributed by atoms with E-state index in [0.717, 1.165) is 17.9 Å². The molecule has 164 valence electrons. The zero-order valence-corrected chi connectivity index (χ0v) is 20.2. The van der Waals surface area contributed by atoms with E-state index in [1.54, 1.807) is 7.05 Å². The molecule has 30 heavy (non-hydrogen) atoms. The van der Waals surface area contributed by atoms with Crippen molar-refractivity contribution in [1.29, 1.82) is 0 Å². The van der Waals surface area contributed by atoms with E-state index in [4.69, 9.17) is 4.74 Å². The van der Waals surface area contributed by atoms with E-state index in [9.17, 15) is 4.79 Å². The summed E-state index contributed by atoms with van der Waals surface area (Å²) in [7, 11) is 5.68. The first kappa shape index (κ1) is 25.7. The first-order valence-corrected chi connectivity index (χ1v) is 9.72. The lowest BCUT2D eigenvalue weighted by Gasteiger charge is -2.13. The molecule has 0 aliphatic heterocycles. The molecule has 8 heteroatoms. The minimum atomic E-state index is -0.0609. The number of hydrogen-bond acceptors (Lipinski definition) is 4. The van der Waals surface area contributed by atoms with E-state index in [0.29, 0.717) is 37.8 Å². The maximum absolute atomic E-state index is 12.3. The van der Waals surface area contributed by atoms with E-state index >= 15 is 0 Å². The second-order valence-corrected chi connectivity index (χ2v) is 6.77. The van der Waals surface area contributed by atoms with Gasteiger partial charge in [0.2, 0.25) is 0 Å². The van der Waals surface area contributed by atoms with Crippen LogP contribution >= 0.6 is 24.0 Å². The number of carbonyl (C=O) groups excluding carboxylic acids is 1. The average molecular weight is 525 g/mol. The first-order valence-electron chi connectivity index (χ1n) is 9.72. The van der Waals surface area contributed by atoms with Gasteiger partial charge in [0.15, 0.2) is 5.96 Å². The van der Waals surface area contributed by atoms with Crippen molar-refractivity contribution in [2.75, 3.05) is 47.4 Å². The Labute approximate surface area is 196 Å². The number of amides is 1. The van der Waals surface area contributed by atoms with Gasteiger partial charge in [0, 0.05) is 32.2 Å². The highest BCUT2D eigenvalue weighted by Gasteiger charge is 2.06. The van der Waals surface area contributed by atoms with Crippen LogP contribution in [0.1, 0.15) is 15.9 Å². The molecule has 0 aliphatic carbocycles. The number of guanidine groups is 1. The van der Waals surface area contributed by atoms with Crippen LogP contribution in [0.2, 0.25) is 0 Å². The lowest BCUT2D eigenvalue weighted by Crippen LogP contribution is -2.38. The van der Waals surface area contributed by atoms with Crippen molar-refractivity contribution < 1.29 is 9.53 Å². The van der Waals surface area contributed by atoms with Crippen LogP contribution in [0.15, 0.2) is 59.6 Å². The third kappa shape index (κ3) is 9.93. The molecule has 0 saturated carbocycles. The fourth-order valence-corrected chi connectivity index (χ4v) is 2.58. The van der Waals surface area contributed by atoms with Gasteiger partial charge in [-0.25, -0.2) is 0 Å². The van der Waals surface area contributed by atoms with Crippen molar-refractivity contribution in [3.05, 3.63) is 65.7 Å². The Morgan fingerprint density at radius 1 is 1.00 bits per heavy atom. The predicted octanol–water partition coefficient (Wildman–Crippen LogP) is 2.34. The highest BCUT2D eigenvalue weighted by Crippen LogP contribution is 2.07. The van der Waals surface area contributed by atoms with Crippen molar-refractivity contribution in [1.82, 2.24) is 20.9 Å². The maximum Gasteiger partial charge on any atom is 0.251 e. The highest BCUT2D eigenvalue weighted by molar-refractivity contribution is 14.0. The van der Waals surface area contributed by atoms with Crippen LogP contribution in [0.4, 0.5) is 0 Å². The minimum Gasteiger partial charge on any atom is -0.492 e. The maximum atomic E-state index is 12.3. The standard InChI is InChI=1S/C22H31N5O2.HI/c1-23-22(25-13-15-29-20-10-5-4-6-11-20)26-17-18-8-7-9-19(16-18)21(28)24-12-14-27(2)3;/h4-11,16H,12-15,17H2,1-3H3,(H,24,28)(H2,23,25,26);1H. The SMILES string of the molecule is CN=C(NCCOc1ccccc1)NCc1cccc(C(=O)NCCN(C)C)c1.I. The van der Waals surface area contributed by atoms with Crippen LogP contribution < -0.4 is 20.7 Å². The number of aliphatic imine (C=N–C) groups is 1. The van der Waals surface area contributed by atoms with Gasteiger partial charge in [-0.1, -0.05) is 30.3 Å². The molecular formula is C22H32IN5O2. The molecule has 7 nitrogen and oxygen atoms in total. The molecule has 3 N–H and O–H groups in total.